The van der Waals surface area contributed by atoms with E-state index in [2.05, 4.69) is 4.90 Å². The lowest BCUT2D eigenvalue weighted by Gasteiger charge is -2.23. The van der Waals surface area contributed by atoms with Crippen molar-refractivity contribution in [3.05, 3.63) is 29.3 Å². The van der Waals surface area contributed by atoms with Gasteiger partial charge in [0.1, 0.15) is 5.75 Å². The van der Waals surface area contributed by atoms with Gasteiger partial charge in [-0.2, -0.15) is 0 Å². The van der Waals surface area contributed by atoms with Gasteiger partial charge in [0.2, 0.25) is 0 Å². The van der Waals surface area contributed by atoms with E-state index in [1.807, 2.05) is 25.1 Å². The van der Waals surface area contributed by atoms with E-state index in [4.69, 9.17) is 14.2 Å². The van der Waals surface area contributed by atoms with Crippen LogP contribution in [0, 0.1) is 6.92 Å². The smallest absolute Gasteiger partial charge is 0.124 e. The maximum Gasteiger partial charge on any atom is 0.124 e. The van der Waals surface area contributed by atoms with Gasteiger partial charge in [-0.05, 0) is 25.5 Å². The van der Waals surface area contributed by atoms with Gasteiger partial charge in [-0.3, -0.25) is 4.90 Å². The molecule has 5 nitrogen and oxygen atoms in total. The van der Waals surface area contributed by atoms with Gasteiger partial charge in [-0.25, -0.2) is 0 Å². The molecular weight excluding hydrogens is 282 g/mol. The molecule has 1 unspecified atom stereocenters. The summed E-state index contributed by atoms with van der Waals surface area (Å²) in [6.45, 7) is 5.81. The second kappa shape index (κ2) is 10.6. The van der Waals surface area contributed by atoms with E-state index >= 15 is 0 Å². The Morgan fingerprint density at radius 1 is 1.05 bits per heavy atom. The summed E-state index contributed by atoms with van der Waals surface area (Å²) in [5.41, 5.74) is 1.96. The highest BCUT2D eigenvalue weighted by atomic mass is 16.5. The quantitative estimate of drug-likeness (QED) is 0.677. The topological polar surface area (TPSA) is 51.2 Å². The van der Waals surface area contributed by atoms with E-state index < -0.39 is 6.10 Å². The number of aliphatic hydroxyl groups excluding tert-OH is 1. The third-order valence-electron chi connectivity index (χ3n) is 3.69. The molecule has 1 aromatic carbocycles. The van der Waals surface area contributed by atoms with Gasteiger partial charge in [0, 0.05) is 39.4 Å². The average molecular weight is 311 g/mol. The minimum Gasteiger partial charge on any atom is -0.496 e. The lowest BCUT2D eigenvalue weighted by atomic mass is 10.0. The number of benzene rings is 1. The van der Waals surface area contributed by atoms with Crippen LogP contribution in [0.4, 0.5) is 0 Å². The van der Waals surface area contributed by atoms with E-state index in [1.54, 1.807) is 21.3 Å². The van der Waals surface area contributed by atoms with Crippen LogP contribution in [-0.4, -0.2) is 64.2 Å². The summed E-state index contributed by atoms with van der Waals surface area (Å²) in [7, 11) is 5.02. The largest absolute Gasteiger partial charge is 0.496 e. The Bertz CT molecular complexity index is 417. The highest BCUT2D eigenvalue weighted by Crippen LogP contribution is 2.28. The molecule has 22 heavy (non-hydrogen) atoms. The summed E-state index contributed by atoms with van der Waals surface area (Å²) in [6, 6.07) is 5.87. The van der Waals surface area contributed by atoms with Gasteiger partial charge < -0.3 is 19.3 Å². The summed E-state index contributed by atoms with van der Waals surface area (Å²) in [5.74, 6) is 0.735. The molecule has 5 heteroatoms. The monoisotopic (exact) mass is 311 g/mol. The Balaban J connectivity index is 2.61. The normalized spacial score (nSPS) is 12.6. The van der Waals surface area contributed by atoms with Crippen molar-refractivity contribution in [2.45, 2.75) is 19.4 Å². The van der Waals surface area contributed by atoms with Crippen LogP contribution in [0.25, 0.3) is 0 Å². The highest BCUT2D eigenvalue weighted by molar-refractivity contribution is 5.38. The van der Waals surface area contributed by atoms with E-state index in [1.165, 1.54) is 0 Å². The van der Waals surface area contributed by atoms with Crippen molar-refractivity contribution in [1.82, 2.24) is 4.90 Å². The van der Waals surface area contributed by atoms with Crippen molar-refractivity contribution in [1.29, 1.82) is 0 Å². The standard InChI is InChI=1S/C17H29NO4/c1-14-5-6-17(22-4)15(13-14)16(19)7-8-18(9-11-20-2)10-12-21-3/h5-6,13,16,19H,7-12H2,1-4H3. The van der Waals surface area contributed by atoms with Crippen molar-refractivity contribution >= 4 is 0 Å². The molecule has 0 saturated heterocycles. The van der Waals surface area contributed by atoms with Crippen molar-refractivity contribution in [3.8, 4) is 5.75 Å². The molecule has 1 aromatic rings. The second-order valence-electron chi connectivity index (χ2n) is 5.38. The van der Waals surface area contributed by atoms with Gasteiger partial charge in [0.05, 0.1) is 26.4 Å². The number of rotatable bonds is 11. The molecule has 0 aliphatic rings. The van der Waals surface area contributed by atoms with Crippen LogP contribution in [0.15, 0.2) is 18.2 Å². The van der Waals surface area contributed by atoms with Crippen LogP contribution in [0.1, 0.15) is 23.7 Å². The lowest BCUT2D eigenvalue weighted by molar-refractivity contribution is 0.0937. The third kappa shape index (κ3) is 6.32. The van der Waals surface area contributed by atoms with E-state index in [0.717, 1.165) is 36.5 Å². The zero-order valence-electron chi connectivity index (χ0n) is 14.2. The van der Waals surface area contributed by atoms with Gasteiger partial charge in [0.25, 0.3) is 0 Å². The number of hydrogen-bond acceptors (Lipinski definition) is 5. The van der Waals surface area contributed by atoms with Crippen LogP contribution in [0.3, 0.4) is 0 Å². The molecule has 0 aromatic heterocycles. The molecule has 0 fully saturated rings. The Hall–Kier alpha value is -1.14. The summed E-state index contributed by atoms with van der Waals surface area (Å²) in [4.78, 5) is 2.23. The van der Waals surface area contributed by atoms with Crippen LogP contribution < -0.4 is 4.74 Å². The fraction of sp³-hybridized carbons (Fsp3) is 0.647. The minimum atomic E-state index is -0.539. The molecule has 1 atom stereocenters. The summed E-state index contributed by atoms with van der Waals surface area (Å²) in [6.07, 6.45) is 0.107. The first-order valence-electron chi connectivity index (χ1n) is 7.65. The zero-order valence-corrected chi connectivity index (χ0v) is 14.2. The van der Waals surface area contributed by atoms with Crippen LogP contribution >= 0.6 is 0 Å². The molecule has 0 aliphatic heterocycles. The molecule has 0 amide bonds. The first kappa shape index (κ1) is 18.9. The molecule has 0 bridgehead atoms. The van der Waals surface area contributed by atoms with Crippen molar-refractivity contribution in [3.63, 3.8) is 0 Å². The first-order chi connectivity index (χ1) is 10.6. The molecule has 0 saturated carbocycles. The molecule has 0 spiro atoms. The molecule has 0 radical (unpaired) electrons. The number of hydrogen-bond donors (Lipinski definition) is 1. The molecule has 1 N–H and O–H groups in total. The number of ether oxygens (including phenoxy) is 3. The molecule has 0 aliphatic carbocycles. The van der Waals surface area contributed by atoms with Crippen LogP contribution in [0.5, 0.6) is 5.75 Å². The molecule has 126 valence electrons. The summed E-state index contributed by atoms with van der Waals surface area (Å²) >= 11 is 0. The Labute approximate surface area is 133 Å². The zero-order chi connectivity index (χ0) is 16.4. The summed E-state index contributed by atoms with van der Waals surface area (Å²) < 4.78 is 15.6. The van der Waals surface area contributed by atoms with Gasteiger partial charge >= 0.3 is 0 Å². The highest BCUT2D eigenvalue weighted by Gasteiger charge is 2.15. The Kier molecular flexibility index (Phi) is 9.08. The van der Waals surface area contributed by atoms with Gasteiger partial charge in [-0.1, -0.05) is 11.6 Å². The Morgan fingerprint density at radius 2 is 1.68 bits per heavy atom. The predicted molar refractivity (Wildman–Crippen MR) is 87.5 cm³/mol. The third-order valence-corrected chi connectivity index (χ3v) is 3.69. The van der Waals surface area contributed by atoms with E-state index in [9.17, 15) is 5.11 Å². The fourth-order valence-electron chi connectivity index (χ4n) is 2.35. The average Bonchev–Trinajstić information content (AvgIpc) is 2.53. The Morgan fingerprint density at radius 3 is 2.23 bits per heavy atom. The van der Waals surface area contributed by atoms with E-state index in [-0.39, 0.29) is 0 Å². The molecular formula is C17H29NO4. The van der Waals surface area contributed by atoms with Crippen molar-refractivity contribution in [2.24, 2.45) is 0 Å². The molecule has 1 rings (SSSR count). The van der Waals surface area contributed by atoms with Gasteiger partial charge in [-0.15, -0.1) is 0 Å². The van der Waals surface area contributed by atoms with Gasteiger partial charge in [0.15, 0.2) is 0 Å². The fourth-order valence-corrected chi connectivity index (χ4v) is 2.35. The number of aryl methyl sites for hydroxylation is 1. The number of methoxy groups -OCH3 is 3. The minimum absolute atomic E-state index is 0.539. The molecule has 0 heterocycles. The predicted octanol–water partition coefficient (Wildman–Crippen LogP) is 2.02. The van der Waals surface area contributed by atoms with Crippen molar-refractivity contribution < 1.29 is 19.3 Å². The SMILES string of the molecule is COCCN(CCOC)CCC(O)c1cc(C)ccc1OC. The summed E-state index contributed by atoms with van der Waals surface area (Å²) in [5, 5.41) is 10.5. The van der Waals surface area contributed by atoms with E-state index in [0.29, 0.717) is 19.6 Å². The maximum absolute atomic E-state index is 10.5. The van der Waals surface area contributed by atoms with Crippen LogP contribution in [-0.2, 0) is 9.47 Å². The number of aliphatic hydroxyl groups is 1. The van der Waals surface area contributed by atoms with Crippen LogP contribution in [0.2, 0.25) is 0 Å². The number of nitrogens with zero attached hydrogens (tertiary/aromatic N) is 1. The van der Waals surface area contributed by atoms with Crippen molar-refractivity contribution in [2.75, 3.05) is 54.2 Å². The second-order valence-corrected chi connectivity index (χ2v) is 5.38. The first-order valence-corrected chi connectivity index (χ1v) is 7.65. The maximum atomic E-state index is 10.5. The lowest BCUT2D eigenvalue weighted by Crippen LogP contribution is -2.32.